The van der Waals surface area contributed by atoms with Gasteiger partial charge in [-0.05, 0) is 36.0 Å². The Kier molecular flexibility index (Phi) is 3.80. The van der Waals surface area contributed by atoms with Gasteiger partial charge in [0.2, 0.25) is 0 Å². The van der Waals surface area contributed by atoms with E-state index in [1.165, 1.54) is 5.56 Å². The fraction of sp³-hybridized carbons (Fsp3) is 0.500. The largest absolute Gasteiger partial charge is 0.0843 e. The summed E-state index contributed by atoms with van der Waals surface area (Å²) < 4.78 is 0. The second-order valence-corrected chi connectivity index (χ2v) is 4.49. The van der Waals surface area contributed by atoms with Crippen molar-refractivity contribution in [3.63, 3.8) is 0 Å². The van der Waals surface area contributed by atoms with Crippen molar-refractivity contribution in [3.05, 3.63) is 34.9 Å². The van der Waals surface area contributed by atoms with E-state index < -0.39 is 0 Å². The predicted molar refractivity (Wildman–Crippen MR) is 59.2 cm³/mol. The van der Waals surface area contributed by atoms with E-state index in [4.69, 9.17) is 11.6 Å². The third-order valence-electron chi connectivity index (χ3n) is 2.61. The van der Waals surface area contributed by atoms with Crippen LogP contribution in [0.2, 0.25) is 5.02 Å². The van der Waals surface area contributed by atoms with Crippen molar-refractivity contribution in [1.29, 1.82) is 0 Å². The van der Waals surface area contributed by atoms with Crippen molar-refractivity contribution in [2.45, 2.75) is 27.2 Å². The van der Waals surface area contributed by atoms with E-state index >= 15 is 0 Å². The SMILES string of the molecule is CC(C)C(C)Cc1ccc(Cl)cc1. The van der Waals surface area contributed by atoms with Gasteiger partial charge >= 0.3 is 0 Å². The minimum absolute atomic E-state index is 0.737. The first-order valence-corrected chi connectivity index (χ1v) is 5.22. The fourth-order valence-corrected chi connectivity index (χ4v) is 1.35. The standard InChI is InChI=1S/C12H17Cl/c1-9(2)10(3)8-11-4-6-12(13)7-5-11/h4-7,9-10H,8H2,1-3H3. The van der Waals surface area contributed by atoms with Gasteiger partial charge in [0, 0.05) is 5.02 Å². The van der Waals surface area contributed by atoms with E-state index in [2.05, 4.69) is 32.9 Å². The number of hydrogen-bond donors (Lipinski definition) is 0. The molecule has 0 heterocycles. The van der Waals surface area contributed by atoms with E-state index in [0.717, 1.165) is 23.3 Å². The number of halogens is 1. The molecule has 72 valence electrons. The molecular formula is C12H17Cl. The van der Waals surface area contributed by atoms with Crippen LogP contribution >= 0.6 is 11.6 Å². The maximum atomic E-state index is 5.81. The van der Waals surface area contributed by atoms with Gasteiger partial charge < -0.3 is 0 Å². The first-order chi connectivity index (χ1) is 6.09. The average Bonchev–Trinajstić information content (AvgIpc) is 2.08. The van der Waals surface area contributed by atoms with Gasteiger partial charge in [0.25, 0.3) is 0 Å². The molecule has 0 fully saturated rings. The summed E-state index contributed by atoms with van der Waals surface area (Å²) in [5.74, 6) is 1.48. The van der Waals surface area contributed by atoms with Crippen molar-refractivity contribution in [2.75, 3.05) is 0 Å². The van der Waals surface area contributed by atoms with Crippen LogP contribution in [-0.4, -0.2) is 0 Å². The molecule has 1 unspecified atom stereocenters. The Morgan fingerprint density at radius 2 is 1.62 bits per heavy atom. The molecule has 0 aliphatic carbocycles. The van der Waals surface area contributed by atoms with Crippen LogP contribution in [0.3, 0.4) is 0 Å². The molecular weight excluding hydrogens is 180 g/mol. The van der Waals surface area contributed by atoms with Crippen LogP contribution in [-0.2, 0) is 6.42 Å². The normalized spacial score (nSPS) is 13.3. The summed E-state index contributed by atoms with van der Waals surface area (Å²) >= 11 is 5.81. The highest BCUT2D eigenvalue weighted by Crippen LogP contribution is 2.17. The lowest BCUT2D eigenvalue weighted by atomic mass is 9.91. The Balaban J connectivity index is 2.59. The van der Waals surface area contributed by atoms with E-state index in [1.54, 1.807) is 0 Å². The Morgan fingerprint density at radius 1 is 1.08 bits per heavy atom. The molecule has 0 aromatic heterocycles. The molecule has 0 spiro atoms. The lowest BCUT2D eigenvalue weighted by molar-refractivity contribution is 0.417. The number of benzene rings is 1. The minimum atomic E-state index is 0.737. The minimum Gasteiger partial charge on any atom is -0.0843 e. The molecule has 0 amide bonds. The highest BCUT2D eigenvalue weighted by Gasteiger charge is 2.07. The van der Waals surface area contributed by atoms with Gasteiger partial charge in [-0.3, -0.25) is 0 Å². The predicted octanol–water partition coefficient (Wildman–Crippen LogP) is 4.17. The van der Waals surface area contributed by atoms with Gasteiger partial charge in [-0.15, -0.1) is 0 Å². The van der Waals surface area contributed by atoms with Crippen LogP contribution in [0.5, 0.6) is 0 Å². The molecule has 0 bridgehead atoms. The molecule has 0 saturated carbocycles. The Hall–Kier alpha value is -0.490. The highest BCUT2D eigenvalue weighted by atomic mass is 35.5. The van der Waals surface area contributed by atoms with Crippen molar-refractivity contribution >= 4 is 11.6 Å². The molecule has 0 aliphatic heterocycles. The summed E-state index contributed by atoms with van der Waals surface area (Å²) in [4.78, 5) is 0. The quantitative estimate of drug-likeness (QED) is 0.681. The zero-order chi connectivity index (χ0) is 9.84. The van der Waals surface area contributed by atoms with Crippen LogP contribution in [0.4, 0.5) is 0 Å². The zero-order valence-electron chi connectivity index (χ0n) is 8.55. The van der Waals surface area contributed by atoms with Crippen LogP contribution in [0.15, 0.2) is 24.3 Å². The van der Waals surface area contributed by atoms with Gasteiger partial charge in [0.05, 0.1) is 0 Å². The van der Waals surface area contributed by atoms with Gasteiger partial charge in [0.15, 0.2) is 0 Å². The number of hydrogen-bond acceptors (Lipinski definition) is 0. The Bertz CT molecular complexity index is 248. The molecule has 1 aromatic carbocycles. The second kappa shape index (κ2) is 4.66. The molecule has 0 nitrogen and oxygen atoms in total. The fourth-order valence-electron chi connectivity index (χ4n) is 1.23. The van der Waals surface area contributed by atoms with E-state index in [9.17, 15) is 0 Å². The van der Waals surface area contributed by atoms with E-state index in [1.807, 2.05) is 12.1 Å². The molecule has 1 aromatic rings. The van der Waals surface area contributed by atoms with Crippen molar-refractivity contribution in [3.8, 4) is 0 Å². The molecule has 1 rings (SSSR count). The van der Waals surface area contributed by atoms with Crippen molar-refractivity contribution in [2.24, 2.45) is 11.8 Å². The Morgan fingerprint density at radius 3 is 2.08 bits per heavy atom. The average molecular weight is 197 g/mol. The topological polar surface area (TPSA) is 0 Å². The van der Waals surface area contributed by atoms with Gasteiger partial charge in [-0.1, -0.05) is 44.5 Å². The smallest absolute Gasteiger partial charge is 0.0406 e. The molecule has 13 heavy (non-hydrogen) atoms. The third kappa shape index (κ3) is 3.40. The molecule has 1 atom stereocenters. The summed E-state index contributed by atoms with van der Waals surface area (Å²) in [5.41, 5.74) is 1.38. The lowest BCUT2D eigenvalue weighted by Gasteiger charge is -2.15. The Labute approximate surface area is 85.9 Å². The summed E-state index contributed by atoms with van der Waals surface area (Å²) in [6, 6.07) is 8.15. The summed E-state index contributed by atoms with van der Waals surface area (Å²) in [6.07, 6.45) is 1.15. The molecule has 0 aliphatic rings. The second-order valence-electron chi connectivity index (χ2n) is 4.05. The molecule has 0 N–H and O–H groups in total. The van der Waals surface area contributed by atoms with Crippen LogP contribution in [0.25, 0.3) is 0 Å². The molecule has 0 radical (unpaired) electrons. The van der Waals surface area contributed by atoms with Crippen LogP contribution in [0.1, 0.15) is 26.3 Å². The van der Waals surface area contributed by atoms with Gasteiger partial charge in [0.1, 0.15) is 0 Å². The molecule has 0 saturated heterocycles. The number of rotatable bonds is 3. The third-order valence-corrected chi connectivity index (χ3v) is 2.86. The van der Waals surface area contributed by atoms with Crippen LogP contribution < -0.4 is 0 Å². The van der Waals surface area contributed by atoms with Crippen molar-refractivity contribution < 1.29 is 0 Å². The van der Waals surface area contributed by atoms with Gasteiger partial charge in [-0.2, -0.15) is 0 Å². The highest BCUT2D eigenvalue weighted by molar-refractivity contribution is 6.30. The summed E-state index contributed by atoms with van der Waals surface area (Å²) in [5, 5.41) is 0.820. The summed E-state index contributed by atoms with van der Waals surface area (Å²) in [6.45, 7) is 6.82. The van der Waals surface area contributed by atoms with Crippen LogP contribution in [0, 0.1) is 11.8 Å². The maximum absolute atomic E-state index is 5.81. The first kappa shape index (κ1) is 10.6. The monoisotopic (exact) mass is 196 g/mol. The molecule has 1 heteroatoms. The first-order valence-electron chi connectivity index (χ1n) is 4.84. The van der Waals surface area contributed by atoms with Gasteiger partial charge in [-0.25, -0.2) is 0 Å². The van der Waals surface area contributed by atoms with Crippen molar-refractivity contribution in [1.82, 2.24) is 0 Å². The zero-order valence-corrected chi connectivity index (χ0v) is 9.31. The van der Waals surface area contributed by atoms with E-state index in [-0.39, 0.29) is 0 Å². The summed E-state index contributed by atoms with van der Waals surface area (Å²) in [7, 11) is 0. The van der Waals surface area contributed by atoms with E-state index in [0.29, 0.717) is 0 Å². The maximum Gasteiger partial charge on any atom is 0.0406 e. The lowest BCUT2D eigenvalue weighted by Crippen LogP contribution is -2.07.